The van der Waals surface area contributed by atoms with E-state index in [2.05, 4.69) is 86.0 Å². The van der Waals surface area contributed by atoms with Gasteiger partial charge < -0.3 is 19.3 Å². The lowest BCUT2D eigenvalue weighted by Gasteiger charge is -2.22. The summed E-state index contributed by atoms with van der Waals surface area (Å²) < 4.78 is 12.3. The fourth-order valence-electron chi connectivity index (χ4n) is 6.81. The Morgan fingerprint density at radius 2 is 0.720 bits per heavy atom. The SMILES string of the molecule is CCCCCCCCN(CCCC)CCCCOCc1cccc(-c2cccc(COCCCCN(CCCC)CCCCCCCC)c2)c1. The first kappa shape index (κ1) is 44.4. The lowest BCUT2D eigenvalue weighted by molar-refractivity contribution is 0.114. The standard InChI is InChI=1S/C46H80N2O2/c1-5-9-13-15-17-19-33-47(31-11-7-3)35-21-23-37-49-41-43-27-25-29-45(39-43)46-30-26-28-44(40-46)42-50-38-24-22-36-48(32-12-8-4)34-20-18-16-14-10-6-2/h25-30,39-40H,5-24,31-38,41-42H2,1-4H3. The molecular weight excluding hydrogens is 613 g/mol. The van der Waals surface area contributed by atoms with E-state index < -0.39 is 0 Å². The van der Waals surface area contributed by atoms with Gasteiger partial charge in [0, 0.05) is 13.2 Å². The summed E-state index contributed by atoms with van der Waals surface area (Å²) in [6.45, 7) is 19.7. The molecule has 0 aliphatic rings. The van der Waals surface area contributed by atoms with E-state index in [0.717, 1.165) is 26.1 Å². The van der Waals surface area contributed by atoms with Crippen molar-refractivity contribution in [3.8, 4) is 11.1 Å². The van der Waals surface area contributed by atoms with Gasteiger partial charge in [-0.15, -0.1) is 0 Å². The fourth-order valence-corrected chi connectivity index (χ4v) is 6.81. The van der Waals surface area contributed by atoms with E-state index in [1.165, 1.54) is 177 Å². The minimum Gasteiger partial charge on any atom is -0.377 e. The first-order valence-corrected chi connectivity index (χ1v) is 21.5. The highest BCUT2D eigenvalue weighted by Crippen LogP contribution is 2.23. The molecule has 0 unspecified atom stereocenters. The van der Waals surface area contributed by atoms with Crippen LogP contribution in [0.3, 0.4) is 0 Å². The molecule has 4 nitrogen and oxygen atoms in total. The molecule has 0 saturated carbocycles. The Bertz CT molecular complexity index is 945. The van der Waals surface area contributed by atoms with Gasteiger partial charge in [0.15, 0.2) is 0 Å². The summed E-state index contributed by atoms with van der Waals surface area (Å²) in [5.41, 5.74) is 5.01. The van der Waals surface area contributed by atoms with Crippen molar-refractivity contribution < 1.29 is 9.47 Å². The second-order valence-electron chi connectivity index (χ2n) is 14.8. The van der Waals surface area contributed by atoms with Crippen molar-refractivity contribution in [2.75, 3.05) is 52.5 Å². The molecule has 0 atom stereocenters. The maximum atomic E-state index is 6.15. The monoisotopic (exact) mass is 693 g/mol. The van der Waals surface area contributed by atoms with Gasteiger partial charge in [0.25, 0.3) is 0 Å². The summed E-state index contributed by atoms with van der Waals surface area (Å²) in [5.74, 6) is 0. The highest BCUT2D eigenvalue weighted by molar-refractivity contribution is 5.64. The van der Waals surface area contributed by atoms with E-state index in [4.69, 9.17) is 9.47 Å². The van der Waals surface area contributed by atoms with Crippen LogP contribution in [0.2, 0.25) is 0 Å². The topological polar surface area (TPSA) is 24.9 Å². The number of benzene rings is 2. The molecular formula is C46H80N2O2. The van der Waals surface area contributed by atoms with Crippen LogP contribution in [0.5, 0.6) is 0 Å². The first-order valence-electron chi connectivity index (χ1n) is 21.5. The third-order valence-corrected chi connectivity index (χ3v) is 10.1. The van der Waals surface area contributed by atoms with E-state index in [0.29, 0.717) is 13.2 Å². The van der Waals surface area contributed by atoms with E-state index in [1.54, 1.807) is 0 Å². The molecule has 0 bridgehead atoms. The molecule has 0 saturated heterocycles. The van der Waals surface area contributed by atoms with E-state index in [9.17, 15) is 0 Å². The van der Waals surface area contributed by atoms with Crippen molar-refractivity contribution in [2.24, 2.45) is 0 Å². The van der Waals surface area contributed by atoms with E-state index in [-0.39, 0.29) is 0 Å². The molecule has 0 aliphatic carbocycles. The molecule has 0 heterocycles. The van der Waals surface area contributed by atoms with Gasteiger partial charge in [-0.3, -0.25) is 0 Å². The zero-order valence-corrected chi connectivity index (χ0v) is 33.5. The van der Waals surface area contributed by atoms with Crippen molar-refractivity contribution >= 4 is 0 Å². The van der Waals surface area contributed by atoms with Crippen LogP contribution >= 0.6 is 0 Å². The Kier molecular flexibility index (Phi) is 28.4. The molecule has 0 aromatic heterocycles. The second-order valence-corrected chi connectivity index (χ2v) is 14.8. The molecule has 0 spiro atoms. The molecule has 0 fully saturated rings. The quantitative estimate of drug-likeness (QED) is 0.0671. The average Bonchev–Trinajstić information content (AvgIpc) is 3.14. The Morgan fingerprint density at radius 3 is 1.12 bits per heavy atom. The lowest BCUT2D eigenvalue weighted by Crippen LogP contribution is -2.27. The Hall–Kier alpha value is -1.72. The van der Waals surface area contributed by atoms with Crippen molar-refractivity contribution in [3.63, 3.8) is 0 Å². The molecule has 0 amide bonds. The summed E-state index contributed by atoms with van der Waals surface area (Å²) in [5, 5.41) is 0. The van der Waals surface area contributed by atoms with Gasteiger partial charge in [0.1, 0.15) is 0 Å². The predicted molar refractivity (Wildman–Crippen MR) is 219 cm³/mol. The van der Waals surface area contributed by atoms with Crippen LogP contribution in [0.25, 0.3) is 11.1 Å². The predicted octanol–water partition coefficient (Wildman–Crippen LogP) is 12.9. The van der Waals surface area contributed by atoms with Crippen molar-refractivity contribution in [3.05, 3.63) is 59.7 Å². The van der Waals surface area contributed by atoms with Crippen LogP contribution in [0.4, 0.5) is 0 Å². The zero-order chi connectivity index (χ0) is 35.7. The summed E-state index contributed by atoms with van der Waals surface area (Å²) >= 11 is 0. The van der Waals surface area contributed by atoms with Crippen LogP contribution in [0.15, 0.2) is 48.5 Å². The van der Waals surface area contributed by atoms with Crippen LogP contribution in [-0.4, -0.2) is 62.3 Å². The van der Waals surface area contributed by atoms with Gasteiger partial charge in [0.05, 0.1) is 13.2 Å². The molecule has 2 aromatic carbocycles. The Labute approximate surface area is 311 Å². The summed E-state index contributed by atoms with van der Waals surface area (Å²) in [7, 11) is 0. The molecule has 0 aliphatic heterocycles. The van der Waals surface area contributed by atoms with Gasteiger partial charge in [-0.2, -0.15) is 0 Å². The number of rotatable bonds is 35. The molecule has 50 heavy (non-hydrogen) atoms. The molecule has 2 rings (SSSR count). The van der Waals surface area contributed by atoms with Crippen molar-refractivity contribution in [1.29, 1.82) is 0 Å². The van der Waals surface area contributed by atoms with Crippen LogP contribution in [-0.2, 0) is 22.7 Å². The minimum absolute atomic E-state index is 0.683. The highest BCUT2D eigenvalue weighted by atomic mass is 16.5. The molecule has 0 N–H and O–H groups in total. The molecule has 4 heteroatoms. The fraction of sp³-hybridized carbons (Fsp3) is 0.739. The maximum Gasteiger partial charge on any atom is 0.0717 e. The normalized spacial score (nSPS) is 11.7. The largest absolute Gasteiger partial charge is 0.377 e. The third kappa shape index (κ3) is 23.0. The van der Waals surface area contributed by atoms with Crippen LogP contribution < -0.4 is 0 Å². The first-order chi connectivity index (χ1) is 24.7. The van der Waals surface area contributed by atoms with Gasteiger partial charge in [-0.25, -0.2) is 0 Å². The Balaban J connectivity index is 1.66. The van der Waals surface area contributed by atoms with E-state index >= 15 is 0 Å². The number of unbranched alkanes of at least 4 members (excludes halogenated alkanes) is 14. The van der Waals surface area contributed by atoms with Gasteiger partial charge in [-0.05, 0) is 125 Å². The lowest BCUT2D eigenvalue weighted by atomic mass is 10.0. The number of nitrogens with zero attached hydrogens (tertiary/aromatic N) is 2. The summed E-state index contributed by atoms with van der Waals surface area (Å²) in [6, 6.07) is 17.7. The number of hydrogen-bond acceptors (Lipinski definition) is 4. The number of hydrogen-bond donors (Lipinski definition) is 0. The van der Waals surface area contributed by atoms with Crippen LogP contribution in [0, 0.1) is 0 Å². The minimum atomic E-state index is 0.683. The third-order valence-electron chi connectivity index (χ3n) is 10.1. The van der Waals surface area contributed by atoms with Crippen molar-refractivity contribution in [1.82, 2.24) is 9.80 Å². The molecule has 0 radical (unpaired) electrons. The summed E-state index contributed by atoms with van der Waals surface area (Å²) in [6.07, 6.45) is 26.5. The summed E-state index contributed by atoms with van der Waals surface area (Å²) in [4.78, 5) is 5.40. The van der Waals surface area contributed by atoms with E-state index in [1.807, 2.05) is 0 Å². The van der Waals surface area contributed by atoms with Crippen LogP contribution in [0.1, 0.15) is 167 Å². The smallest absolute Gasteiger partial charge is 0.0717 e. The van der Waals surface area contributed by atoms with Gasteiger partial charge >= 0.3 is 0 Å². The number of ether oxygens (including phenoxy) is 2. The second kappa shape index (κ2) is 32.0. The van der Waals surface area contributed by atoms with Gasteiger partial charge in [-0.1, -0.05) is 141 Å². The molecule has 2 aromatic rings. The highest BCUT2D eigenvalue weighted by Gasteiger charge is 2.07. The Morgan fingerprint density at radius 1 is 0.380 bits per heavy atom. The zero-order valence-electron chi connectivity index (χ0n) is 33.5. The molecule has 286 valence electrons. The van der Waals surface area contributed by atoms with Gasteiger partial charge in [0.2, 0.25) is 0 Å². The van der Waals surface area contributed by atoms with Crippen molar-refractivity contribution in [2.45, 2.75) is 169 Å². The maximum absolute atomic E-state index is 6.15. The average molecular weight is 693 g/mol.